The standard InChI is InChI=1S/C23H22F6N2O6S/c24-22(25,26)21(34,23(27,28)29)15-5-7-16(8-6-15)31-19(32)18(11-37-20(30)33)14-3-9-17(10-4-14)38(35,36)12-13-1-2-13/h3-10,13,18,34H,1-2,11-12H2,(H2,30,33)(H,31,32). The summed E-state index contributed by atoms with van der Waals surface area (Å²) in [6.07, 6.45) is -11.8. The van der Waals surface area contributed by atoms with Gasteiger partial charge in [-0.05, 0) is 48.6 Å². The number of hydrogen-bond acceptors (Lipinski definition) is 6. The predicted octanol–water partition coefficient (Wildman–Crippen LogP) is 4.00. The number of sulfone groups is 1. The minimum Gasteiger partial charge on any atom is -0.449 e. The lowest BCUT2D eigenvalue weighted by molar-refractivity contribution is -0.376. The Morgan fingerprint density at radius 3 is 1.95 bits per heavy atom. The van der Waals surface area contributed by atoms with Crippen molar-refractivity contribution < 1.29 is 54.2 Å². The molecule has 208 valence electrons. The van der Waals surface area contributed by atoms with Crippen molar-refractivity contribution in [2.24, 2.45) is 11.7 Å². The van der Waals surface area contributed by atoms with Crippen LogP contribution in [0.3, 0.4) is 0 Å². The van der Waals surface area contributed by atoms with Gasteiger partial charge in [0.1, 0.15) is 6.61 Å². The Kier molecular flexibility index (Phi) is 8.03. The molecule has 1 saturated carbocycles. The van der Waals surface area contributed by atoms with Crippen LogP contribution in [0.25, 0.3) is 0 Å². The van der Waals surface area contributed by atoms with E-state index in [-0.39, 0.29) is 27.8 Å². The monoisotopic (exact) mass is 568 g/mol. The number of carbonyl (C=O) groups is 2. The molecule has 38 heavy (non-hydrogen) atoms. The number of amides is 2. The average molecular weight is 568 g/mol. The molecule has 0 aliphatic heterocycles. The summed E-state index contributed by atoms with van der Waals surface area (Å²) < 4.78 is 108. The molecule has 0 spiro atoms. The lowest BCUT2D eigenvalue weighted by atomic mass is 9.92. The number of benzene rings is 2. The Morgan fingerprint density at radius 2 is 1.50 bits per heavy atom. The fourth-order valence-electron chi connectivity index (χ4n) is 3.60. The van der Waals surface area contributed by atoms with Gasteiger partial charge in [0.15, 0.2) is 9.84 Å². The van der Waals surface area contributed by atoms with Crippen molar-refractivity contribution in [1.29, 1.82) is 0 Å². The first-order chi connectivity index (χ1) is 17.5. The third-order valence-corrected chi connectivity index (χ3v) is 7.79. The number of hydrogen-bond donors (Lipinski definition) is 3. The van der Waals surface area contributed by atoms with Gasteiger partial charge in [0, 0.05) is 11.3 Å². The van der Waals surface area contributed by atoms with Crippen LogP contribution in [-0.4, -0.2) is 50.2 Å². The minimum absolute atomic E-state index is 0.0144. The van der Waals surface area contributed by atoms with Gasteiger partial charge in [0.25, 0.3) is 5.60 Å². The van der Waals surface area contributed by atoms with Crippen molar-refractivity contribution in [2.45, 2.75) is 41.6 Å². The number of halogens is 6. The van der Waals surface area contributed by atoms with Gasteiger partial charge in [-0.1, -0.05) is 24.3 Å². The molecule has 1 atom stereocenters. The molecular weight excluding hydrogens is 546 g/mol. The van der Waals surface area contributed by atoms with E-state index < -0.39 is 57.9 Å². The van der Waals surface area contributed by atoms with Crippen molar-refractivity contribution in [3.8, 4) is 0 Å². The topological polar surface area (TPSA) is 136 Å². The molecule has 2 amide bonds. The third kappa shape index (κ3) is 6.38. The second-order valence-electron chi connectivity index (χ2n) is 8.75. The summed E-state index contributed by atoms with van der Waals surface area (Å²) in [4.78, 5) is 24.0. The van der Waals surface area contributed by atoms with E-state index in [9.17, 15) is 49.5 Å². The Morgan fingerprint density at radius 1 is 0.974 bits per heavy atom. The normalized spacial score (nSPS) is 15.6. The van der Waals surface area contributed by atoms with Gasteiger partial charge in [-0.15, -0.1) is 0 Å². The number of primary amides is 1. The van der Waals surface area contributed by atoms with Crippen molar-refractivity contribution >= 4 is 27.5 Å². The van der Waals surface area contributed by atoms with Crippen molar-refractivity contribution in [1.82, 2.24) is 0 Å². The summed E-state index contributed by atoms with van der Waals surface area (Å²) in [5.74, 6) is -2.09. The largest absolute Gasteiger partial charge is 0.449 e. The van der Waals surface area contributed by atoms with Gasteiger partial charge >= 0.3 is 18.4 Å². The molecule has 1 unspecified atom stereocenters. The molecule has 0 radical (unpaired) electrons. The van der Waals surface area contributed by atoms with Gasteiger partial charge in [-0.25, -0.2) is 13.2 Å². The second-order valence-corrected chi connectivity index (χ2v) is 10.8. The zero-order chi connectivity index (χ0) is 28.5. The van der Waals surface area contributed by atoms with Crippen LogP contribution in [0.1, 0.15) is 29.9 Å². The van der Waals surface area contributed by atoms with Crippen LogP contribution in [0, 0.1) is 5.92 Å². The highest BCUT2D eigenvalue weighted by Gasteiger charge is 2.71. The third-order valence-electron chi connectivity index (χ3n) is 5.89. The van der Waals surface area contributed by atoms with Crippen LogP contribution in [0.2, 0.25) is 0 Å². The van der Waals surface area contributed by atoms with Gasteiger partial charge < -0.3 is 20.9 Å². The molecule has 0 aromatic heterocycles. The number of anilines is 1. The van der Waals surface area contributed by atoms with Crippen molar-refractivity contribution in [3.63, 3.8) is 0 Å². The second kappa shape index (κ2) is 10.4. The average Bonchev–Trinajstić information content (AvgIpc) is 3.61. The van der Waals surface area contributed by atoms with Crippen LogP contribution < -0.4 is 11.1 Å². The van der Waals surface area contributed by atoms with E-state index in [1.807, 2.05) is 0 Å². The van der Waals surface area contributed by atoms with E-state index in [0.717, 1.165) is 25.0 Å². The molecule has 1 aliphatic rings. The molecule has 0 bridgehead atoms. The highest BCUT2D eigenvalue weighted by molar-refractivity contribution is 7.91. The highest BCUT2D eigenvalue weighted by atomic mass is 32.2. The Labute approximate surface area is 212 Å². The number of ether oxygens (including phenoxy) is 1. The maximum Gasteiger partial charge on any atom is 0.430 e. The SMILES string of the molecule is NC(=O)OCC(C(=O)Nc1ccc(C(O)(C(F)(F)F)C(F)(F)F)cc1)c1ccc(S(=O)(=O)CC2CC2)cc1. The zero-order valence-corrected chi connectivity index (χ0v) is 20.2. The molecule has 4 N–H and O–H groups in total. The van der Waals surface area contributed by atoms with E-state index in [1.54, 1.807) is 0 Å². The number of nitrogens with two attached hydrogens (primary N) is 1. The first kappa shape index (κ1) is 29.2. The fraction of sp³-hybridized carbons (Fsp3) is 0.391. The zero-order valence-electron chi connectivity index (χ0n) is 19.3. The smallest absolute Gasteiger partial charge is 0.430 e. The number of carbonyl (C=O) groups excluding carboxylic acids is 2. The summed E-state index contributed by atoms with van der Waals surface area (Å²) in [6.45, 7) is -0.602. The molecular formula is C23H22F6N2O6S. The maximum atomic E-state index is 13.1. The first-order valence-corrected chi connectivity index (χ1v) is 12.6. The van der Waals surface area contributed by atoms with Crippen LogP contribution >= 0.6 is 0 Å². The quantitative estimate of drug-likeness (QED) is 0.392. The van der Waals surface area contributed by atoms with Crippen LogP contribution in [0.15, 0.2) is 53.4 Å². The van der Waals surface area contributed by atoms with E-state index in [0.29, 0.717) is 12.1 Å². The summed E-state index contributed by atoms with van der Waals surface area (Å²) in [6, 6.07) is 7.29. The molecule has 15 heteroatoms. The number of nitrogens with one attached hydrogen (secondary N) is 1. The first-order valence-electron chi connectivity index (χ1n) is 11.0. The summed E-state index contributed by atoms with van der Waals surface area (Å²) >= 11 is 0. The van der Waals surface area contributed by atoms with Gasteiger partial charge in [0.2, 0.25) is 5.91 Å². The van der Waals surface area contributed by atoms with Crippen LogP contribution in [0.4, 0.5) is 36.8 Å². The number of alkyl halides is 6. The van der Waals surface area contributed by atoms with Gasteiger partial charge in [-0.2, -0.15) is 26.3 Å². The predicted molar refractivity (Wildman–Crippen MR) is 121 cm³/mol. The maximum absolute atomic E-state index is 13.1. The lowest BCUT2D eigenvalue weighted by Gasteiger charge is -2.32. The molecule has 1 aliphatic carbocycles. The Hall–Kier alpha value is -3.33. The molecule has 0 heterocycles. The molecule has 2 aromatic carbocycles. The van der Waals surface area contributed by atoms with Crippen LogP contribution in [0.5, 0.6) is 0 Å². The van der Waals surface area contributed by atoms with E-state index in [1.165, 1.54) is 24.3 Å². The summed E-state index contributed by atoms with van der Waals surface area (Å²) in [5, 5.41) is 11.7. The Bertz CT molecular complexity index is 1260. The van der Waals surface area contributed by atoms with Crippen LogP contribution in [-0.2, 0) is 25.0 Å². The molecule has 2 aromatic rings. The summed E-state index contributed by atoms with van der Waals surface area (Å²) in [5.41, 5.74) is -1.75. The fourth-order valence-corrected chi connectivity index (χ4v) is 5.30. The van der Waals surface area contributed by atoms with Gasteiger partial charge in [-0.3, -0.25) is 4.79 Å². The van der Waals surface area contributed by atoms with Gasteiger partial charge in [0.05, 0.1) is 16.6 Å². The molecule has 1 fully saturated rings. The van der Waals surface area contributed by atoms with Crippen molar-refractivity contribution in [2.75, 3.05) is 17.7 Å². The minimum atomic E-state index is -6.08. The van der Waals surface area contributed by atoms with E-state index in [4.69, 9.17) is 10.5 Å². The number of aliphatic hydroxyl groups is 1. The van der Waals surface area contributed by atoms with E-state index >= 15 is 0 Å². The number of rotatable bonds is 9. The molecule has 0 saturated heterocycles. The highest BCUT2D eigenvalue weighted by Crippen LogP contribution is 2.50. The van der Waals surface area contributed by atoms with E-state index in [2.05, 4.69) is 5.32 Å². The lowest BCUT2D eigenvalue weighted by Crippen LogP contribution is -2.53. The molecule has 3 rings (SSSR count). The van der Waals surface area contributed by atoms with Crippen molar-refractivity contribution in [3.05, 3.63) is 59.7 Å². The molecule has 8 nitrogen and oxygen atoms in total. The Balaban J connectivity index is 1.83. The summed E-state index contributed by atoms with van der Waals surface area (Å²) in [7, 11) is -3.56.